The van der Waals surface area contributed by atoms with E-state index in [0.29, 0.717) is 11.4 Å². The number of ether oxygens (including phenoxy) is 1. The number of hydrogen-bond donors (Lipinski definition) is 1. The van der Waals surface area contributed by atoms with E-state index >= 15 is 0 Å². The van der Waals surface area contributed by atoms with Crippen LogP contribution in [0.4, 0.5) is 0 Å². The molecule has 0 spiro atoms. The standard InChI is InChI=1S/C15H16ClNO2/c1-19-15(11-5-3-2-4-6-11)14(18)9-12-7-8-17-10-13(12)16/h2-8,10,14-15,18H,9H2,1H3. The molecule has 0 aliphatic heterocycles. The topological polar surface area (TPSA) is 42.4 Å². The molecule has 1 aromatic carbocycles. The van der Waals surface area contributed by atoms with Gasteiger partial charge in [-0.3, -0.25) is 4.98 Å². The number of aliphatic hydroxyl groups excluding tert-OH is 1. The third-order valence-corrected chi connectivity index (χ3v) is 3.36. The molecule has 0 bridgehead atoms. The summed E-state index contributed by atoms with van der Waals surface area (Å²) in [5.41, 5.74) is 1.81. The normalized spacial score (nSPS) is 14.1. The zero-order valence-electron chi connectivity index (χ0n) is 10.7. The van der Waals surface area contributed by atoms with E-state index in [0.717, 1.165) is 11.1 Å². The maximum Gasteiger partial charge on any atom is 0.108 e. The Kier molecular flexibility index (Phi) is 4.91. The minimum Gasteiger partial charge on any atom is -0.390 e. The lowest BCUT2D eigenvalue weighted by atomic mass is 9.99. The molecule has 2 aromatic rings. The molecule has 3 nitrogen and oxygen atoms in total. The number of benzene rings is 1. The quantitative estimate of drug-likeness (QED) is 0.913. The van der Waals surface area contributed by atoms with Gasteiger partial charge in [0.15, 0.2) is 0 Å². The van der Waals surface area contributed by atoms with Gasteiger partial charge in [-0.25, -0.2) is 0 Å². The van der Waals surface area contributed by atoms with Crippen LogP contribution in [0.2, 0.25) is 5.02 Å². The predicted octanol–water partition coefficient (Wildman–Crippen LogP) is 3.03. The van der Waals surface area contributed by atoms with Crippen LogP contribution in [0.3, 0.4) is 0 Å². The summed E-state index contributed by atoms with van der Waals surface area (Å²) < 4.78 is 5.40. The molecule has 0 saturated carbocycles. The van der Waals surface area contributed by atoms with Gasteiger partial charge in [-0.05, 0) is 17.2 Å². The van der Waals surface area contributed by atoms with Crippen LogP contribution in [-0.4, -0.2) is 23.3 Å². The molecule has 0 aliphatic carbocycles. The van der Waals surface area contributed by atoms with Crippen LogP contribution < -0.4 is 0 Å². The van der Waals surface area contributed by atoms with E-state index < -0.39 is 6.10 Å². The Morgan fingerprint density at radius 3 is 2.63 bits per heavy atom. The molecule has 2 rings (SSSR count). The van der Waals surface area contributed by atoms with Gasteiger partial charge in [-0.15, -0.1) is 0 Å². The second-order valence-electron chi connectivity index (χ2n) is 4.31. The maximum atomic E-state index is 10.3. The van der Waals surface area contributed by atoms with E-state index in [2.05, 4.69) is 4.98 Å². The fraction of sp³-hybridized carbons (Fsp3) is 0.267. The summed E-state index contributed by atoms with van der Waals surface area (Å²) in [6.07, 6.45) is 2.64. The summed E-state index contributed by atoms with van der Waals surface area (Å²) in [4.78, 5) is 3.93. The van der Waals surface area contributed by atoms with E-state index in [-0.39, 0.29) is 6.10 Å². The second-order valence-corrected chi connectivity index (χ2v) is 4.71. The van der Waals surface area contributed by atoms with Gasteiger partial charge >= 0.3 is 0 Å². The van der Waals surface area contributed by atoms with Crippen molar-refractivity contribution in [2.45, 2.75) is 18.6 Å². The molecule has 4 heteroatoms. The first kappa shape index (κ1) is 14.0. The molecule has 2 atom stereocenters. The highest BCUT2D eigenvalue weighted by molar-refractivity contribution is 6.31. The predicted molar refractivity (Wildman–Crippen MR) is 75.1 cm³/mol. The molecular weight excluding hydrogens is 262 g/mol. The van der Waals surface area contributed by atoms with Crippen molar-refractivity contribution in [2.75, 3.05) is 7.11 Å². The van der Waals surface area contributed by atoms with Crippen molar-refractivity contribution in [3.63, 3.8) is 0 Å². The smallest absolute Gasteiger partial charge is 0.108 e. The molecule has 1 heterocycles. The number of rotatable bonds is 5. The van der Waals surface area contributed by atoms with Crippen LogP contribution >= 0.6 is 11.6 Å². The van der Waals surface area contributed by atoms with E-state index in [1.54, 1.807) is 19.5 Å². The molecular formula is C15H16ClNO2. The Labute approximate surface area is 117 Å². The highest BCUT2D eigenvalue weighted by atomic mass is 35.5. The minimum atomic E-state index is -0.660. The van der Waals surface area contributed by atoms with Crippen molar-refractivity contribution in [1.29, 1.82) is 0 Å². The molecule has 0 saturated heterocycles. The molecule has 0 aliphatic rings. The number of pyridine rings is 1. The summed E-state index contributed by atoms with van der Waals surface area (Å²) in [5.74, 6) is 0. The summed E-state index contributed by atoms with van der Waals surface area (Å²) in [6, 6.07) is 11.5. The van der Waals surface area contributed by atoms with Gasteiger partial charge in [0.1, 0.15) is 6.10 Å². The van der Waals surface area contributed by atoms with Gasteiger partial charge in [0.25, 0.3) is 0 Å². The van der Waals surface area contributed by atoms with Crippen molar-refractivity contribution in [3.8, 4) is 0 Å². The minimum absolute atomic E-state index is 0.370. The van der Waals surface area contributed by atoms with Crippen LogP contribution in [0.25, 0.3) is 0 Å². The number of nitrogens with zero attached hydrogens (tertiary/aromatic N) is 1. The van der Waals surface area contributed by atoms with Crippen molar-refractivity contribution in [2.24, 2.45) is 0 Å². The lowest BCUT2D eigenvalue weighted by Crippen LogP contribution is -2.22. The van der Waals surface area contributed by atoms with Gasteiger partial charge in [0.05, 0.1) is 11.1 Å². The van der Waals surface area contributed by atoms with Gasteiger partial charge in [-0.2, -0.15) is 0 Å². The van der Waals surface area contributed by atoms with Crippen molar-refractivity contribution < 1.29 is 9.84 Å². The highest BCUT2D eigenvalue weighted by Crippen LogP contribution is 2.25. The van der Waals surface area contributed by atoms with E-state index in [4.69, 9.17) is 16.3 Å². The summed E-state index contributed by atoms with van der Waals surface area (Å²) in [5, 5.41) is 10.9. The molecule has 0 amide bonds. The number of halogens is 1. The molecule has 1 aromatic heterocycles. The van der Waals surface area contributed by atoms with Gasteiger partial charge in [-0.1, -0.05) is 41.9 Å². The summed E-state index contributed by atoms with van der Waals surface area (Å²) >= 11 is 6.05. The number of hydrogen-bond acceptors (Lipinski definition) is 3. The Balaban J connectivity index is 2.14. The van der Waals surface area contributed by atoms with Gasteiger partial charge in [0.2, 0.25) is 0 Å². The zero-order valence-corrected chi connectivity index (χ0v) is 11.4. The molecule has 0 fully saturated rings. The average molecular weight is 278 g/mol. The first-order valence-corrected chi connectivity index (χ1v) is 6.44. The van der Waals surface area contributed by atoms with E-state index in [1.807, 2.05) is 36.4 Å². The number of methoxy groups -OCH3 is 1. The summed E-state index contributed by atoms with van der Waals surface area (Å²) in [7, 11) is 1.59. The SMILES string of the molecule is COC(c1ccccc1)C(O)Cc1ccncc1Cl. The molecule has 2 unspecified atom stereocenters. The Morgan fingerprint density at radius 2 is 2.00 bits per heavy atom. The van der Waals surface area contributed by atoms with Gasteiger partial charge < -0.3 is 9.84 Å². The average Bonchev–Trinajstić information content (AvgIpc) is 2.43. The lowest BCUT2D eigenvalue weighted by molar-refractivity contribution is -0.0128. The first-order chi connectivity index (χ1) is 9.22. The summed E-state index contributed by atoms with van der Waals surface area (Å²) in [6.45, 7) is 0. The Hall–Kier alpha value is -1.42. The van der Waals surface area contributed by atoms with Crippen LogP contribution in [-0.2, 0) is 11.2 Å². The van der Waals surface area contributed by atoms with Crippen LogP contribution in [0, 0.1) is 0 Å². The van der Waals surface area contributed by atoms with Crippen molar-refractivity contribution in [1.82, 2.24) is 4.98 Å². The number of aliphatic hydroxyl groups is 1. The monoisotopic (exact) mass is 277 g/mol. The zero-order chi connectivity index (χ0) is 13.7. The molecule has 0 radical (unpaired) electrons. The number of aromatic nitrogens is 1. The highest BCUT2D eigenvalue weighted by Gasteiger charge is 2.21. The molecule has 1 N–H and O–H groups in total. The largest absolute Gasteiger partial charge is 0.390 e. The van der Waals surface area contributed by atoms with E-state index in [9.17, 15) is 5.11 Å². The maximum absolute atomic E-state index is 10.3. The fourth-order valence-electron chi connectivity index (χ4n) is 2.06. The fourth-order valence-corrected chi connectivity index (χ4v) is 2.26. The lowest BCUT2D eigenvalue weighted by Gasteiger charge is -2.22. The van der Waals surface area contributed by atoms with Crippen molar-refractivity contribution >= 4 is 11.6 Å². The third-order valence-electron chi connectivity index (χ3n) is 3.02. The molecule has 100 valence electrons. The second kappa shape index (κ2) is 6.66. The first-order valence-electron chi connectivity index (χ1n) is 6.06. The Bertz CT molecular complexity index is 519. The van der Waals surface area contributed by atoms with Crippen molar-refractivity contribution in [3.05, 3.63) is 64.9 Å². The Morgan fingerprint density at radius 1 is 1.26 bits per heavy atom. The third kappa shape index (κ3) is 3.53. The molecule has 19 heavy (non-hydrogen) atoms. The van der Waals surface area contributed by atoms with Gasteiger partial charge in [0, 0.05) is 25.9 Å². The van der Waals surface area contributed by atoms with Crippen LogP contribution in [0.1, 0.15) is 17.2 Å². The van der Waals surface area contributed by atoms with Crippen LogP contribution in [0.5, 0.6) is 0 Å². The van der Waals surface area contributed by atoms with Crippen LogP contribution in [0.15, 0.2) is 48.8 Å². The van der Waals surface area contributed by atoms with E-state index in [1.165, 1.54) is 0 Å².